The number of nitrogens with one attached hydrogen (secondary N) is 1. The molecule has 7 heteroatoms. The molecule has 136 valence electrons. The van der Waals surface area contributed by atoms with Gasteiger partial charge in [0.05, 0.1) is 12.1 Å². The summed E-state index contributed by atoms with van der Waals surface area (Å²) in [4.78, 5) is 26.3. The maximum absolute atomic E-state index is 12.5. The minimum atomic E-state index is -0.252. The van der Waals surface area contributed by atoms with Crippen LogP contribution < -0.4 is 11.1 Å². The first-order chi connectivity index (χ1) is 11.5. The van der Waals surface area contributed by atoms with Crippen molar-refractivity contribution in [3.63, 3.8) is 0 Å². The number of nitrogens with two attached hydrogens (primary N) is 1. The van der Waals surface area contributed by atoms with Gasteiger partial charge in [-0.1, -0.05) is 18.2 Å². The lowest BCUT2D eigenvalue weighted by atomic mass is 10.1. The molecule has 0 atom stereocenters. The summed E-state index contributed by atoms with van der Waals surface area (Å²) in [6.45, 7) is 6.32. The molecule has 0 saturated heterocycles. The molecule has 2 aromatic rings. The van der Waals surface area contributed by atoms with E-state index < -0.39 is 0 Å². The predicted molar refractivity (Wildman–Crippen MR) is 100.0 cm³/mol. The highest BCUT2D eigenvalue weighted by Gasteiger charge is 2.20. The Labute approximate surface area is 153 Å². The number of amides is 2. The van der Waals surface area contributed by atoms with Gasteiger partial charge in [-0.15, -0.1) is 12.4 Å². The maximum atomic E-state index is 12.5. The van der Waals surface area contributed by atoms with Gasteiger partial charge in [0.2, 0.25) is 5.91 Å². The average molecular weight is 366 g/mol. The van der Waals surface area contributed by atoms with Crippen molar-refractivity contribution in [1.29, 1.82) is 0 Å². The first kappa shape index (κ1) is 20.7. The Bertz CT molecular complexity index is 723. The van der Waals surface area contributed by atoms with Crippen molar-refractivity contribution in [2.24, 2.45) is 5.73 Å². The third kappa shape index (κ3) is 5.08. The number of nitrogens with zero attached hydrogens (tertiary/aromatic N) is 1. The molecule has 0 fully saturated rings. The van der Waals surface area contributed by atoms with Crippen molar-refractivity contribution in [1.82, 2.24) is 4.90 Å². The summed E-state index contributed by atoms with van der Waals surface area (Å²) in [5.74, 6) is 0.0529. The van der Waals surface area contributed by atoms with Gasteiger partial charge in [0.25, 0.3) is 5.91 Å². The number of benzene rings is 1. The molecule has 0 radical (unpaired) electrons. The van der Waals surface area contributed by atoms with E-state index in [4.69, 9.17) is 10.2 Å². The molecule has 2 rings (SSSR count). The molecule has 0 aliphatic rings. The number of hydrogen-bond donors (Lipinski definition) is 2. The van der Waals surface area contributed by atoms with E-state index in [0.717, 1.165) is 16.8 Å². The lowest BCUT2D eigenvalue weighted by Crippen LogP contribution is -2.37. The van der Waals surface area contributed by atoms with E-state index >= 15 is 0 Å². The van der Waals surface area contributed by atoms with E-state index in [2.05, 4.69) is 5.32 Å². The number of likely N-dealkylation sites (N-methyl/N-ethyl adjacent to an activating group) is 1. The third-order valence-electron chi connectivity index (χ3n) is 3.85. The highest BCUT2D eigenvalue weighted by Crippen LogP contribution is 2.19. The SMILES string of the molecule is CCN(CC(=O)Nc1c(C)cccc1C)C(=O)c1coc(CN)c1.Cl. The van der Waals surface area contributed by atoms with Crippen LogP contribution in [0.15, 0.2) is 34.9 Å². The lowest BCUT2D eigenvalue weighted by Gasteiger charge is -2.20. The molecule has 0 unspecified atom stereocenters. The number of halogens is 1. The Balaban J connectivity index is 0.00000312. The van der Waals surface area contributed by atoms with Crippen LogP contribution in [0.2, 0.25) is 0 Å². The molecule has 3 N–H and O–H groups in total. The fraction of sp³-hybridized carbons (Fsp3) is 0.333. The highest BCUT2D eigenvalue weighted by molar-refractivity contribution is 5.99. The van der Waals surface area contributed by atoms with Crippen LogP contribution in [0.25, 0.3) is 0 Å². The molecule has 0 spiro atoms. The lowest BCUT2D eigenvalue weighted by molar-refractivity contribution is -0.116. The number of rotatable bonds is 6. The van der Waals surface area contributed by atoms with Gasteiger partial charge in [0.1, 0.15) is 18.6 Å². The molecule has 1 aromatic heterocycles. The zero-order valence-electron chi connectivity index (χ0n) is 14.7. The molecule has 2 amide bonds. The number of carbonyl (C=O) groups is 2. The third-order valence-corrected chi connectivity index (χ3v) is 3.85. The number of anilines is 1. The van der Waals surface area contributed by atoms with E-state index in [9.17, 15) is 9.59 Å². The number of para-hydroxylation sites is 1. The van der Waals surface area contributed by atoms with Crippen LogP contribution >= 0.6 is 12.4 Å². The van der Waals surface area contributed by atoms with E-state index in [1.54, 1.807) is 6.07 Å². The van der Waals surface area contributed by atoms with E-state index in [0.29, 0.717) is 17.9 Å². The minimum Gasteiger partial charge on any atom is -0.467 e. The van der Waals surface area contributed by atoms with Gasteiger partial charge in [-0.3, -0.25) is 9.59 Å². The van der Waals surface area contributed by atoms with Crippen molar-refractivity contribution >= 4 is 29.9 Å². The molecule has 0 bridgehead atoms. The van der Waals surface area contributed by atoms with Gasteiger partial charge in [-0.25, -0.2) is 0 Å². The van der Waals surface area contributed by atoms with Crippen LogP contribution in [0, 0.1) is 13.8 Å². The molecular formula is C18H24ClN3O3. The Morgan fingerprint density at radius 1 is 1.24 bits per heavy atom. The number of aryl methyl sites for hydroxylation is 2. The van der Waals surface area contributed by atoms with Gasteiger partial charge in [0.15, 0.2) is 0 Å². The number of hydrogen-bond acceptors (Lipinski definition) is 4. The van der Waals surface area contributed by atoms with Crippen LogP contribution in [-0.4, -0.2) is 29.8 Å². The Morgan fingerprint density at radius 2 is 1.88 bits per heavy atom. The zero-order chi connectivity index (χ0) is 17.7. The van der Waals surface area contributed by atoms with Gasteiger partial charge < -0.3 is 20.4 Å². The van der Waals surface area contributed by atoms with Crippen molar-refractivity contribution in [3.8, 4) is 0 Å². The second-order valence-electron chi connectivity index (χ2n) is 5.64. The van der Waals surface area contributed by atoms with E-state index in [1.165, 1.54) is 11.2 Å². The predicted octanol–water partition coefficient (Wildman–Crippen LogP) is 2.88. The summed E-state index contributed by atoms with van der Waals surface area (Å²) in [6, 6.07) is 7.42. The van der Waals surface area contributed by atoms with Crippen LogP contribution in [0.1, 0.15) is 34.2 Å². The first-order valence-corrected chi connectivity index (χ1v) is 7.89. The second kappa shape index (κ2) is 9.25. The fourth-order valence-corrected chi connectivity index (χ4v) is 2.47. The first-order valence-electron chi connectivity index (χ1n) is 7.89. The number of carbonyl (C=O) groups excluding carboxylic acids is 2. The quantitative estimate of drug-likeness (QED) is 0.823. The summed E-state index contributed by atoms with van der Waals surface area (Å²) in [5.41, 5.74) is 8.65. The standard InChI is InChI=1S/C18H23N3O3.ClH/c1-4-21(18(23)14-8-15(9-19)24-11-14)10-16(22)20-17-12(2)6-5-7-13(17)3;/h5-8,11H,4,9-10,19H2,1-3H3,(H,20,22);1H. The monoisotopic (exact) mass is 365 g/mol. The van der Waals surface area contributed by atoms with Crippen LogP contribution in [0.4, 0.5) is 5.69 Å². The largest absolute Gasteiger partial charge is 0.467 e. The van der Waals surface area contributed by atoms with Gasteiger partial charge >= 0.3 is 0 Å². The Kier molecular flexibility index (Phi) is 7.67. The summed E-state index contributed by atoms with van der Waals surface area (Å²) in [7, 11) is 0. The molecular weight excluding hydrogens is 342 g/mol. The topological polar surface area (TPSA) is 88.6 Å². The van der Waals surface area contributed by atoms with E-state index in [-0.39, 0.29) is 37.3 Å². The summed E-state index contributed by atoms with van der Waals surface area (Å²) in [5, 5.41) is 2.89. The molecule has 0 aliphatic carbocycles. The molecule has 25 heavy (non-hydrogen) atoms. The molecule has 1 heterocycles. The molecule has 0 aliphatic heterocycles. The molecule has 1 aromatic carbocycles. The minimum absolute atomic E-state index is 0. The smallest absolute Gasteiger partial charge is 0.257 e. The summed E-state index contributed by atoms with van der Waals surface area (Å²) >= 11 is 0. The van der Waals surface area contributed by atoms with Crippen molar-refractivity contribution in [2.45, 2.75) is 27.3 Å². The van der Waals surface area contributed by atoms with Crippen molar-refractivity contribution < 1.29 is 14.0 Å². The van der Waals surface area contributed by atoms with Crippen LogP contribution in [0.5, 0.6) is 0 Å². The molecule has 6 nitrogen and oxygen atoms in total. The fourth-order valence-electron chi connectivity index (χ4n) is 2.47. The Morgan fingerprint density at radius 3 is 2.40 bits per heavy atom. The van der Waals surface area contributed by atoms with Crippen molar-refractivity contribution in [2.75, 3.05) is 18.4 Å². The average Bonchev–Trinajstić information content (AvgIpc) is 3.04. The Hall–Kier alpha value is -2.31. The zero-order valence-corrected chi connectivity index (χ0v) is 15.5. The molecule has 0 saturated carbocycles. The van der Waals surface area contributed by atoms with Gasteiger partial charge in [-0.05, 0) is 38.0 Å². The highest BCUT2D eigenvalue weighted by atomic mass is 35.5. The second-order valence-corrected chi connectivity index (χ2v) is 5.64. The maximum Gasteiger partial charge on any atom is 0.257 e. The van der Waals surface area contributed by atoms with E-state index in [1.807, 2.05) is 39.0 Å². The van der Waals surface area contributed by atoms with Gasteiger partial charge in [0, 0.05) is 12.2 Å². The van der Waals surface area contributed by atoms with Crippen LogP contribution in [-0.2, 0) is 11.3 Å². The van der Waals surface area contributed by atoms with Crippen molar-refractivity contribution in [3.05, 3.63) is 53.0 Å². The van der Waals surface area contributed by atoms with Crippen LogP contribution in [0.3, 0.4) is 0 Å². The van der Waals surface area contributed by atoms with Gasteiger partial charge in [-0.2, -0.15) is 0 Å². The summed E-state index contributed by atoms with van der Waals surface area (Å²) in [6.07, 6.45) is 1.37. The normalized spacial score (nSPS) is 10.1. The number of furan rings is 1. The summed E-state index contributed by atoms with van der Waals surface area (Å²) < 4.78 is 5.19.